The lowest BCUT2D eigenvalue weighted by atomic mass is 10.1. The number of hydrogen-bond donors (Lipinski definition) is 1. The second-order valence-electron chi connectivity index (χ2n) is 4.60. The van der Waals surface area contributed by atoms with Crippen LogP contribution in [0.4, 0.5) is 0 Å². The number of thiazole rings is 1. The summed E-state index contributed by atoms with van der Waals surface area (Å²) in [6.07, 6.45) is 4.21. The van der Waals surface area contributed by atoms with Crippen molar-refractivity contribution in [3.05, 3.63) is 23.0 Å². The summed E-state index contributed by atoms with van der Waals surface area (Å²) in [5.74, 6) is -0.523. The Labute approximate surface area is 109 Å². The number of hydrogen-bond acceptors (Lipinski definition) is 4. The molecule has 2 rings (SSSR count). The molecule has 0 aliphatic carbocycles. The van der Waals surface area contributed by atoms with Gasteiger partial charge in [-0.3, -0.25) is 4.68 Å². The predicted molar refractivity (Wildman–Crippen MR) is 69.8 cm³/mol. The topological polar surface area (TPSA) is 68.0 Å². The minimum atomic E-state index is -0.904. The van der Waals surface area contributed by atoms with Crippen molar-refractivity contribution >= 4 is 17.3 Å². The van der Waals surface area contributed by atoms with Crippen molar-refractivity contribution in [2.45, 2.75) is 20.3 Å². The van der Waals surface area contributed by atoms with Crippen molar-refractivity contribution in [3.8, 4) is 10.6 Å². The van der Waals surface area contributed by atoms with E-state index in [4.69, 9.17) is 0 Å². The zero-order chi connectivity index (χ0) is 13.3. The molecule has 18 heavy (non-hydrogen) atoms. The fourth-order valence-electron chi connectivity index (χ4n) is 1.70. The smallest absolute Gasteiger partial charge is 0.347 e. The third-order valence-corrected chi connectivity index (χ3v) is 3.58. The Morgan fingerprint density at radius 3 is 2.78 bits per heavy atom. The normalized spacial score (nSPS) is 11.1. The van der Waals surface area contributed by atoms with Crippen molar-refractivity contribution in [3.63, 3.8) is 0 Å². The summed E-state index contributed by atoms with van der Waals surface area (Å²) in [4.78, 5) is 16.0. The maximum Gasteiger partial charge on any atom is 0.347 e. The first kappa shape index (κ1) is 12.8. The van der Waals surface area contributed by atoms with E-state index in [1.807, 2.05) is 13.2 Å². The molecule has 0 unspecified atom stereocenters. The minimum absolute atomic E-state index is 0.336. The number of nitrogens with zero attached hydrogens (tertiary/aromatic N) is 3. The number of carboxylic acids is 1. The van der Waals surface area contributed by atoms with Gasteiger partial charge in [-0.2, -0.15) is 5.10 Å². The highest BCUT2D eigenvalue weighted by Crippen LogP contribution is 2.29. The molecule has 0 aliphatic rings. The molecule has 6 heteroatoms. The van der Waals surface area contributed by atoms with Crippen LogP contribution < -0.4 is 0 Å². The molecule has 1 N–H and O–H groups in total. The van der Waals surface area contributed by atoms with Crippen molar-refractivity contribution in [1.82, 2.24) is 14.8 Å². The molecule has 2 aromatic rings. The van der Waals surface area contributed by atoms with Crippen LogP contribution in [0.25, 0.3) is 10.6 Å². The minimum Gasteiger partial charge on any atom is -0.477 e. The van der Waals surface area contributed by atoms with E-state index < -0.39 is 5.97 Å². The molecule has 0 saturated heterocycles. The van der Waals surface area contributed by atoms with E-state index in [1.54, 1.807) is 10.9 Å². The second kappa shape index (κ2) is 4.89. The number of aromatic nitrogens is 3. The molecule has 0 amide bonds. The lowest BCUT2D eigenvalue weighted by Crippen LogP contribution is -2.02. The number of aryl methyl sites for hydroxylation is 1. The van der Waals surface area contributed by atoms with Crippen LogP contribution in [0.15, 0.2) is 12.4 Å². The molecule has 0 fully saturated rings. The van der Waals surface area contributed by atoms with Crippen LogP contribution in [0.1, 0.15) is 29.2 Å². The fourth-order valence-corrected chi connectivity index (χ4v) is 2.61. The molecule has 0 radical (unpaired) electrons. The van der Waals surface area contributed by atoms with Gasteiger partial charge in [-0.05, 0) is 12.3 Å². The molecule has 0 spiro atoms. The zero-order valence-corrected chi connectivity index (χ0v) is 11.4. The van der Waals surface area contributed by atoms with Crippen molar-refractivity contribution in [1.29, 1.82) is 0 Å². The molecule has 0 aliphatic heterocycles. The monoisotopic (exact) mass is 265 g/mol. The number of rotatable bonds is 4. The first-order valence-corrected chi connectivity index (χ1v) is 6.51. The second-order valence-corrected chi connectivity index (χ2v) is 5.60. The van der Waals surface area contributed by atoms with Gasteiger partial charge in [0.05, 0.1) is 11.9 Å². The third-order valence-electron chi connectivity index (χ3n) is 2.45. The van der Waals surface area contributed by atoms with Gasteiger partial charge in [-0.1, -0.05) is 13.8 Å². The summed E-state index contributed by atoms with van der Waals surface area (Å²) in [7, 11) is 1.82. The van der Waals surface area contributed by atoms with Crippen LogP contribution in [0, 0.1) is 5.92 Å². The molecule has 96 valence electrons. The predicted octanol–water partition coefficient (Wildman–Crippen LogP) is 2.44. The van der Waals surface area contributed by atoms with Gasteiger partial charge in [0.1, 0.15) is 9.88 Å². The Bertz CT molecular complexity index is 572. The number of aromatic carboxylic acids is 1. The molecule has 0 bridgehead atoms. The Kier molecular flexibility index (Phi) is 3.47. The van der Waals surface area contributed by atoms with Gasteiger partial charge in [0, 0.05) is 18.8 Å². The van der Waals surface area contributed by atoms with E-state index in [2.05, 4.69) is 23.9 Å². The molecular formula is C12H15N3O2S. The zero-order valence-electron chi connectivity index (χ0n) is 10.5. The van der Waals surface area contributed by atoms with Crippen LogP contribution in [0.5, 0.6) is 0 Å². The van der Waals surface area contributed by atoms with E-state index in [0.29, 0.717) is 22.9 Å². The molecule has 0 aromatic carbocycles. The van der Waals surface area contributed by atoms with Crippen LogP contribution in [-0.2, 0) is 13.5 Å². The van der Waals surface area contributed by atoms with Crippen molar-refractivity contribution in [2.75, 3.05) is 0 Å². The molecule has 2 aromatic heterocycles. The van der Waals surface area contributed by atoms with Gasteiger partial charge in [-0.25, -0.2) is 9.78 Å². The first-order chi connectivity index (χ1) is 8.47. The summed E-state index contributed by atoms with van der Waals surface area (Å²) < 4.78 is 1.68. The van der Waals surface area contributed by atoms with E-state index >= 15 is 0 Å². The Hall–Kier alpha value is -1.69. The van der Waals surface area contributed by atoms with Crippen molar-refractivity contribution < 1.29 is 9.90 Å². The van der Waals surface area contributed by atoms with Gasteiger partial charge in [0.2, 0.25) is 0 Å². The summed E-state index contributed by atoms with van der Waals surface area (Å²) in [5, 5.41) is 14.0. The molecule has 0 saturated carbocycles. The Balaban J connectivity index is 2.42. The highest BCUT2D eigenvalue weighted by Gasteiger charge is 2.19. The summed E-state index contributed by atoms with van der Waals surface area (Å²) >= 11 is 1.21. The van der Waals surface area contributed by atoms with E-state index in [1.165, 1.54) is 11.3 Å². The summed E-state index contributed by atoms with van der Waals surface area (Å²) in [5.41, 5.74) is 1.53. The van der Waals surface area contributed by atoms with Gasteiger partial charge >= 0.3 is 5.97 Å². The van der Waals surface area contributed by atoms with Gasteiger partial charge < -0.3 is 5.11 Å². The maximum absolute atomic E-state index is 11.2. The lowest BCUT2D eigenvalue weighted by molar-refractivity contribution is 0.0700. The number of carboxylic acid groups (broad SMARTS) is 1. The average molecular weight is 265 g/mol. The first-order valence-electron chi connectivity index (χ1n) is 5.69. The van der Waals surface area contributed by atoms with Crippen LogP contribution in [0.2, 0.25) is 0 Å². The van der Waals surface area contributed by atoms with E-state index in [0.717, 1.165) is 10.6 Å². The molecular weight excluding hydrogens is 250 g/mol. The van der Waals surface area contributed by atoms with Crippen molar-refractivity contribution in [2.24, 2.45) is 13.0 Å². The summed E-state index contributed by atoms with van der Waals surface area (Å²) in [6, 6.07) is 0. The number of carbonyl (C=O) groups is 1. The van der Waals surface area contributed by atoms with E-state index in [-0.39, 0.29) is 0 Å². The quantitative estimate of drug-likeness (QED) is 0.922. The van der Waals surface area contributed by atoms with Crippen LogP contribution in [0.3, 0.4) is 0 Å². The van der Waals surface area contributed by atoms with Gasteiger partial charge in [0.15, 0.2) is 0 Å². The highest BCUT2D eigenvalue weighted by atomic mass is 32.1. The maximum atomic E-state index is 11.2. The van der Waals surface area contributed by atoms with Crippen LogP contribution in [-0.4, -0.2) is 25.8 Å². The standard InChI is InChI=1S/C12H15N3O2S/c1-7(2)4-9-10(12(16)17)18-11(14-9)8-5-13-15(3)6-8/h5-7H,4H2,1-3H3,(H,16,17). The SMILES string of the molecule is CC(C)Cc1nc(-c2cnn(C)c2)sc1C(=O)O. The molecule has 5 nitrogen and oxygen atoms in total. The third kappa shape index (κ3) is 2.59. The van der Waals surface area contributed by atoms with Crippen LogP contribution >= 0.6 is 11.3 Å². The lowest BCUT2D eigenvalue weighted by Gasteiger charge is -2.01. The fraction of sp³-hybridized carbons (Fsp3) is 0.417. The summed E-state index contributed by atoms with van der Waals surface area (Å²) in [6.45, 7) is 4.10. The highest BCUT2D eigenvalue weighted by molar-refractivity contribution is 7.17. The van der Waals surface area contributed by atoms with E-state index in [9.17, 15) is 9.90 Å². The van der Waals surface area contributed by atoms with Gasteiger partial charge in [0.25, 0.3) is 0 Å². The average Bonchev–Trinajstić information content (AvgIpc) is 2.83. The van der Waals surface area contributed by atoms with Gasteiger partial charge in [-0.15, -0.1) is 11.3 Å². The molecule has 0 atom stereocenters. The molecule has 2 heterocycles. The largest absolute Gasteiger partial charge is 0.477 e. The Morgan fingerprint density at radius 2 is 2.28 bits per heavy atom. The Morgan fingerprint density at radius 1 is 1.56 bits per heavy atom.